The highest BCUT2D eigenvalue weighted by atomic mass is 16.5. The molecule has 0 spiro atoms. The van der Waals surface area contributed by atoms with E-state index in [1.165, 1.54) is 16.7 Å². The number of unbranched alkanes of at least 4 members (excludes halogenated alkanes) is 1. The zero-order chi connectivity index (χ0) is 21.5. The van der Waals surface area contributed by atoms with E-state index in [1.54, 1.807) is 28.4 Å². The first-order chi connectivity index (χ1) is 14.6. The third-order valence-electron chi connectivity index (χ3n) is 5.84. The number of fused-ring (bicyclic) bond motifs is 1. The lowest BCUT2D eigenvalue weighted by Gasteiger charge is -2.38. The van der Waals surface area contributed by atoms with E-state index in [0.29, 0.717) is 0 Å². The van der Waals surface area contributed by atoms with Crippen molar-refractivity contribution in [3.63, 3.8) is 0 Å². The zero-order valence-corrected chi connectivity index (χ0v) is 18.4. The molecule has 30 heavy (non-hydrogen) atoms. The largest absolute Gasteiger partial charge is 0.493 e. The average molecular weight is 416 g/mol. The van der Waals surface area contributed by atoms with Crippen molar-refractivity contribution in [2.75, 3.05) is 48.1 Å². The van der Waals surface area contributed by atoms with Gasteiger partial charge >= 0.3 is 0 Å². The minimum absolute atomic E-state index is 0.213. The van der Waals surface area contributed by atoms with Gasteiger partial charge < -0.3 is 24.1 Å². The van der Waals surface area contributed by atoms with E-state index in [2.05, 4.69) is 29.2 Å². The Kier molecular flexibility index (Phi) is 7.82. The molecule has 0 aromatic heterocycles. The summed E-state index contributed by atoms with van der Waals surface area (Å²) in [5.41, 5.74) is 3.77. The summed E-state index contributed by atoms with van der Waals surface area (Å²) >= 11 is 0. The van der Waals surface area contributed by atoms with Crippen molar-refractivity contribution in [1.29, 1.82) is 0 Å². The summed E-state index contributed by atoms with van der Waals surface area (Å²) in [6.45, 7) is 2.16. The van der Waals surface area contributed by atoms with Gasteiger partial charge in [0.2, 0.25) is 0 Å². The highest BCUT2D eigenvalue weighted by molar-refractivity contribution is 5.50. The van der Waals surface area contributed by atoms with Gasteiger partial charge in [0, 0.05) is 19.2 Å². The molecule has 0 amide bonds. The van der Waals surface area contributed by atoms with Gasteiger partial charge in [0.25, 0.3) is 0 Å². The van der Waals surface area contributed by atoms with Gasteiger partial charge in [-0.25, -0.2) is 0 Å². The predicted molar refractivity (Wildman–Crippen MR) is 117 cm³/mol. The molecule has 0 fully saturated rings. The first kappa shape index (κ1) is 22.2. The van der Waals surface area contributed by atoms with E-state index in [1.807, 2.05) is 6.07 Å². The van der Waals surface area contributed by atoms with E-state index in [4.69, 9.17) is 18.9 Å². The lowest BCUT2D eigenvalue weighted by atomic mass is 9.88. The molecule has 1 aliphatic heterocycles. The number of aliphatic hydroxyl groups is 1. The molecule has 6 nitrogen and oxygen atoms in total. The Balaban J connectivity index is 1.96. The van der Waals surface area contributed by atoms with Crippen LogP contribution in [-0.4, -0.2) is 58.1 Å². The van der Waals surface area contributed by atoms with E-state index in [9.17, 15) is 5.11 Å². The summed E-state index contributed by atoms with van der Waals surface area (Å²) in [5.74, 6) is 3.00. The number of rotatable bonds is 10. The molecule has 0 aliphatic carbocycles. The van der Waals surface area contributed by atoms with E-state index in [0.717, 1.165) is 61.8 Å². The van der Waals surface area contributed by atoms with Gasteiger partial charge in [-0.3, -0.25) is 4.90 Å². The molecule has 0 saturated carbocycles. The van der Waals surface area contributed by atoms with Crippen LogP contribution < -0.4 is 18.9 Å². The van der Waals surface area contributed by atoms with Crippen LogP contribution in [0.25, 0.3) is 0 Å². The summed E-state index contributed by atoms with van der Waals surface area (Å²) in [4.78, 5) is 2.51. The molecule has 0 bridgehead atoms. The van der Waals surface area contributed by atoms with Crippen LogP contribution in [0.5, 0.6) is 23.0 Å². The molecule has 0 radical (unpaired) electrons. The predicted octanol–water partition coefficient (Wildman–Crippen LogP) is 3.64. The molecule has 1 heterocycles. The maximum atomic E-state index is 9.21. The minimum atomic E-state index is 0.213. The van der Waals surface area contributed by atoms with E-state index in [-0.39, 0.29) is 12.6 Å². The maximum Gasteiger partial charge on any atom is 0.161 e. The fourth-order valence-corrected chi connectivity index (χ4v) is 4.24. The van der Waals surface area contributed by atoms with Crippen molar-refractivity contribution in [1.82, 2.24) is 4.90 Å². The van der Waals surface area contributed by atoms with Gasteiger partial charge in [0.15, 0.2) is 23.0 Å². The van der Waals surface area contributed by atoms with Crippen molar-refractivity contribution < 1.29 is 24.1 Å². The molecule has 2 aromatic rings. The summed E-state index contributed by atoms with van der Waals surface area (Å²) in [7, 11) is 6.66. The molecule has 6 heteroatoms. The quantitative estimate of drug-likeness (QED) is 0.598. The fraction of sp³-hybridized carbons (Fsp3) is 0.500. The summed E-state index contributed by atoms with van der Waals surface area (Å²) in [6.07, 6.45) is 3.61. The lowest BCUT2D eigenvalue weighted by Crippen LogP contribution is -2.37. The lowest BCUT2D eigenvalue weighted by molar-refractivity contribution is 0.172. The Morgan fingerprint density at radius 3 is 2.20 bits per heavy atom. The summed E-state index contributed by atoms with van der Waals surface area (Å²) < 4.78 is 22.0. The molecular weight excluding hydrogens is 382 g/mol. The SMILES string of the molecule is COc1ccc(C[C@@H]2c3cc(OC)c(OC)cc3CCN2CCCCO)cc1OC. The number of methoxy groups -OCH3 is 4. The van der Waals surface area contributed by atoms with Crippen LogP contribution in [0.2, 0.25) is 0 Å². The van der Waals surface area contributed by atoms with Crippen LogP contribution >= 0.6 is 0 Å². The summed E-state index contributed by atoms with van der Waals surface area (Å²) in [6, 6.07) is 10.6. The Bertz CT molecular complexity index is 839. The molecule has 1 N–H and O–H groups in total. The topological polar surface area (TPSA) is 60.4 Å². The Morgan fingerprint density at radius 2 is 1.53 bits per heavy atom. The van der Waals surface area contributed by atoms with Gasteiger partial charge in [-0.05, 0) is 73.2 Å². The Labute approximate surface area is 179 Å². The van der Waals surface area contributed by atoms with Crippen LogP contribution in [0.3, 0.4) is 0 Å². The molecule has 1 atom stereocenters. The van der Waals surface area contributed by atoms with E-state index < -0.39 is 0 Å². The highest BCUT2D eigenvalue weighted by Gasteiger charge is 2.29. The van der Waals surface area contributed by atoms with Crippen molar-refractivity contribution in [3.05, 3.63) is 47.0 Å². The zero-order valence-electron chi connectivity index (χ0n) is 18.4. The molecule has 1 aliphatic rings. The third-order valence-corrected chi connectivity index (χ3v) is 5.84. The number of benzene rings is 2. The highest BCUT2D eigenvalue weighted by Crippen LogP contribution is 2.40. The van der Waals surface area contributed by atoms with Gasteiger partial charge in [-0.15, -0.1) is 0 Å². The number of hydrogen-bond acceptors (Lipinski definition) is 6. The first-order valence-corrected chi connectivity index (χ1v) is 10.5. The number of aliphatic hydroxyl groups excluding tert-OH is 1. The Morgan fingerprint density at radius 1 is 0.867 bits per heavy atom. The monoisotopic (exact) mass is 415 g/mol. The average Bonchev–Trinajstić information content (AvgIpc) is 2.79. The standard InChI is InChI=1S/C24H33NO5/c1-27-21-8-7-17(14-22(21)28-2)13-20-19-16-24(30-4)23(29-3)15-18(19)9-11-25(20)10-5-6-12-26/h7-8,14-16,20,26H,5-6,9-13H2,1-4H3/t20-/m1/s1. The van der Waals surface area contributed by atoms with Crippen molar-refractivity contribution in [2.45, 2.75) is 31.7 Å². The Hall–Kier alpha value is -2.44. The molecule has 0 unspecified atom stereocenters. The summed E-state index contributed by atoms with van der Waals surface area (Å²) in [5, 5.41) is 9.21. The molecule has 0 saturated heterocycles. The van der Waals surface area contributed by atoms with Gasteiger partial charge in [0.1, 0.15) is 0 Å². The van der Waals surface area contributed by atoms with Crippen molar-refractivity contribution in [3.8, 4) is 23.0 Å². The van der Waals surface area contributed by atoms with Crippen LogP contribution in [-0.2, 0) is 12.8 Å². The smallest absolute Gasteiger partial charge is 0.161 e. The second-order valence-electron chi connectivity index (χ2n) is 7.53. The van der Waals surface area contributed by atoms with Crippen molar-refractivity contribution in [2.24, 2.45) is 0 Å². The maximum absolute atomic E-state index is 9.21. The number of hydrogen-bond donors (Lipinski definition) is 1. The molecule has 164 valence electrons. The number of nitrogens with zero attached hydrogens (tertiary/aromatic N) is 1. The number of ether oxygens (including phenoxy) is 4. The second-order valence-corrected chi connectivity index (χ2v) is 7.53. The van der Waals surface area contributed by atoms with Gasteiger partial charge in [-0.1, -0.05) is 6.07 Å². The molecular formula is C24H33NO5. The van der Waals surface area contributed by atoms with Crippen LogP contribution in [0.4, 0.5) is 0 Å². The first-order valence-electron chi connectivity index (χ1n) is 10.5. The molecule has 2 aromatic carbocycles. The normalized spacial score (nSPS) is 16.1. The van der Waals surface area contributed by atoms with Crippen molar-refractivity contribution >= 4 is 0 Å². The molecule has 3 rings (SSSR count). The van der Waals surface area contributed by atoms with Crippen LogP contribution in [0.15, 0.2) is 30.3 Å². The van der Waals surface area contributed by atoms with Gasteiger partial charge in [-0.2, -0.15) is 0 Å². The van der Waals surface area contributed by atoms with Gasteiger partial charge in [0.05, 0.1) is 28.4 Å². The third kappa shape index (κ3) is 4.82. The minimum Gasteiger partial charge on any atom is -0.493 e. The second kappa shape index (κ2) is 10.5. The van der Waals surface area contributed by atoms with E-state index >= 15 is 0 Å². The van der Waals surface area contributed by atoms with Crippen LogP contribution in [0.1, 0.15) is 35.6 Å². The van der Waals surface area contributed by atoms with Crippen LogP contribution in [0, 0.1) is 0 Å². The fourth-order valence-electron chi connectivity index (χ4n) is 4.24.